The second kappa shape index (κ2) is 10.8. The summed E-state index contributed by atoms with van der Waals surface area (Å²) in [4.78, 5) is 40.9. The first-order valence-corrected chi connectivity index (χ1v) is 11.5. The Bertz CT molecular complexity index is 1020. The Morgan fingerprint density at radius 1 is 1.25 bits per heavy atom. The average molecular weight is 476 g/mol. The van der Waals surface area contributed by atoms with E-state index < -0.39 is 0 Å². The fraction of sp³-hybridized carbons (Fsp3) is 0.348. The summed E-state index contributed by atoms with van der Waals surface area (Å²) in [7, 11) is 0. The van der Waals surface area contributed by atoms with Crippen molar-refractivity contribution in [1.82, 2.24) is 5.32 Å². The lowest BCUT2D eigenvalue weighted by atomic mass is 10.1. The number of nitrogens with one attached hydrogen (secondary N) is 1. The summed E-state index contributed by atoms with van der Waals surface area (Å²) in [5.41, 5.74) is 2.49. The Kier molecular flexibility index (Phi) is 8.06. The summed E-state index contributed by atoms with van der Waals surface area (Å²) < 4.78 is 5.73. The van der Waals surface area contributed by atoms with Crippen molar-refractivity contribution in [2.75, 3.05) is 36.1 Å². The number of hydrogen-bond donors (Lipinski definition) is 1. The minimum Gasteiger partial charge on any atom is -0.370 e. The maximum absolute atomic E-state index is 12.5. The highest BCUT2D eigenvalue weighted by Gasteiger charge is 2.32. The van der Waals surface area contributed by atoms with Crippen LogP contribution in [0.2, 0.25) is 4.34 Å². The van der Waals surface area contributed by atoms with Gasteiger partial charge in [-0.3, -0.25) is 14.4 Å². The second-order valence-corrected chi connectivity index (χ2v) is 9.17. The summed E-state index contributed by atoms with van der Waals surface area (Å²) in [6.45, 7) is 8.68. The van der Waals surface area contributed by atoms with Gasteiger partial charge in [-0.2, -0.15) is 0 Å². The number of morpholine rings is 1. The zero-order valence-electron chi connectivity index (χ0n) is 18.1. The smallest absolute Gasteiger partial charge is 0.261 e. The number of anilines is 2. The number of hydrogen-bond acceptors (Lipinski definition) is 5. The van der Waals surface area contributed by atoms with Crippen LogP contribution < -0.4 is 15.1 Å². The van der Waals surface area contributed by atoms with Crippen LogP contribution in [0.3, 0.4) is 0 Å². The maximum atomic E-state index is 12.5. The lowest BCUT2D eigenvalue weighted by Crippen LogP contribution is -2.42. The van der Waals surface area contributed by atoms with E-state index in [1.54, 1.807) is 28.0 Å². The van der Waals surface area contributed by atoms with Crippen molar-refractivity contribution in [2.45, 2.75) is 26.3 Å². The van der Waals surface area contributed by atoms with Gasteiger partial charge in [0.25, 0.3) is 11.8 Å². The van der Waals surface area contributed by atoms with Crippen molar-refractivity contribution < 1.29 is 19.1 Å². The molecule has 2 aliphatic heterocycles. The predicted molar refractivity (Wildman–Crippen MR) is 128 cm³/mol. The first kappa shape index (κ1) is 24.0. The number of rotatable bonds is 4. The number of amides is 3. The van der Waals surface area contributed by atoms with Gasteiger partial charge in [-0.25, -0.2) is 0 Å². The highest BCUT2D eigenvalue weighted by molar-refractivity contribution is 7.18. The Morgan fingerprint density at radius 3 is 2.62 bits per heavy atom. The first-order valence-electron chi connectivity index (χ1n) is 10.3. The molecule has 9 heteroatoms. The van der Waals surface area contributed by atoms with E-state index in [0.717, 1.165) is 16.9 Å². The number of nitrogens with zero attached hydrogens (tertiary/aromatic N) is 2. The topological polar surface area (TPSA) is 79.0 Å². The van der Waals surface area contributed by atoms with Crippen LogP contribution in [-0.2, 0) is 14.3 Å². The predicted octanol–water partition coefficient (Wildman–Crippen LogP) is 3.80. The minimum absolute atomic E-state index is 0.0471. The van der Waals surface area contributed by atoms with Gasteiger partial charge in [-0.05, 0) is 49.7 Å². The van der Waals surface area contributed by atoms with Gasteiger partial charge in [0.15, 0.2) is 0 Å². The summed E-state index contributed by atoms with van der Waals surface area (Å²) in [6.07, 6.45) is 1.99. The highest BCUT2D eigenvalue weighted by atomic mass is 35.5. The van der Waals surface area contributed by atoms with Gasteiger partial charge in [0.1, 0.15) is 6.61 Å². The molecule has 1 atom stereocenters. The van der Waals surface area contributed by atoms with E-state index in [1.165, 1.54) is 11.3 Å². The van der Waals surface area contributed by atoms with Gasteiger partial charge < -0.3 is 19.9 Å². The summed E-state index contributed by atoms with van der Waals surface area (Å²) >= 11 is 7.09. The molecule has 170 valence electrons. The number of benzene rings is 1. The van der Waals surface area contributed by atoms with Crippen molar-refractivity contribution in [1.29, 1.82) is 0 Å². The molecular formula is C23H26ClN3O4S. The zero-order valence-corrected chi connectivity index (χ0v) is 19.7. The lowest BCUT2D eigenvalue weighted by Gasteiger charge is -2.29. The number of halogens is 1. The summed E-state index contributed by atoms with van der Waals surface area (Å²) in [5, 5.41) is 2.91. The third-order valence-electron chi connectivity index (χ3n) is 5.03. The van der Waals surface area contributed by atoms with Crippen molar-refractivity contribution in [3.63, 3.8) is 0 Å². The van der Waals surface area contributed by atoms with Gasteiger partial charge in [-0.15, -0.1) is 17.9 Å². The molecule has 0 bridgehead atoms. The Hall–Kier alpha value is -2.68. The molecule has 1 N–H and O–H groups in total. The van der Waals surface area contributed by atoms with E-state index in [4.69, 9.17) is 16.3 Å². The van der Waals surface area contributed by atoms with Crippen LogP contribution in [0.4, 0.5) is 11.4 Å². The van der Waals surface area contributed by atoms with Gasteiger partial charge in [0.05, 0.1) is 21.9 Å². The summed E-state index contributed by atoms with van der Waals surface area (Å²) in [5.74, 6) is -0.339. The molecule has 2 aliphatic rings. The zero-order chi connectivity index (χ0) is 23.3. The lowest BCUT2D eigenvalue weighted by molar-refractivity contribution is -0.125. The summed E-state index contributed by atoms with van der Waals surface area (Å²) in [6, 6.07) is 8.69. The number of carbonyl (C=O) groups excluding carboxylic acids is 3. The van der Waals surface area contributed by atoms with Gasteiger partial charge >= 0.3 is 0 Å². The molecule has 0 spiro atoms. The van der Waals surface area contributed by atoms with E-state index in [2.05, 4.69) is 11.9 Å². The van der Waals surface area contributed by atoms with E-state index in [9.17, 15) is 14.4 Å². The van der Waals surface area contributed by atoms with Gasteiger partial charge in [-0.1, -0.05) is 17.7 Å². The molecule has 2 fully saturated rings. The third-order valence-corrected chi connectivity index (χ3v) is 6.26. The molecule has 0 saturated carbocycles. The van der Waals surface area contributed by atoms with Crippen molar-refractivity contribution >= 4 is 52.0 Å². The van der Waals surface area contributed by atoms with Crippen LogP contribution >= 0.6 is 22.9 Å². The molecule has 1 unspecified atom stereocenters. The molecular weight excluding hydrogens is 450 g/mol. The number of carbonyl (C=O) groups is 3. The monoisotopic (exact) mass is 475 g/mol. The molecule has 1 aromatic heterocycles. The number of thiophene rings is 1. The highest BCUT2D eigenvalue weighted by Crippen LogP contribution is 2.29. The van der Waals surface area contributed by atoms with Crippen molar-refractivity contribution in [3.8, 4) is 0 Å². The quantitative estimate of drug-likeness (QED) is 0.682. The molecule has 3 heterocycles. The second-order valence-electron chi connectivity index (χ2n) is 7.46. The van der Waals surface area contributed by atoms with Crippen LogP contribution in [0.25, 0.3) is 0 Å². The van der Waals surface area contributed by atoms with Crippen LogP contribution in [-0.4, -0.2) is 50.1 Å². The molecule has 32 heavy (non-hydrogen) atoms. The molecule has 3 amide bonds. The van der Waals surface area contributed by atoms with Crippen molar-refractivity contribution in [2.24, 2.45) is 0 Å². The number of allylic oxidation sites excluding steroid dienone is 1. The van der Waals surface area contributed by atoms with Crippen LogP contribution in [0.15, 0.2) is 43.0 Å². The van der Waals surface area contributed by atoms with Gasteiger partial charge in [0.2, 0.25) is 5.91 Å². The molecule has 2 saturated heterocycles. The minimum atomic E-state index is -0.267. The van der Waals surface area contributed by atoms with E-state index in [0.29, 0.717) is 28.9 Å². The molecule has 0 radical (unpaired) electrons. The van der Waals surface area contributed by atoms with Crippen LogP contribution in [0.1, 0.15) is 28.6 Å². The standard InChI is InChI=1S/C20H20ClN3O4S.C3H6/c1-12-8-14(2-3-15(12)23-6-7-28-11-19(23)26)24-10-13(9-18(24)25)22-20(27)16-4-5-17(21)29-16;1-3-2/h2-5,8,13H,6-7,9-11H2,1H3,(H,22,27);3H,1H2,2H3. The molecule has 4 rings (SSSR count). The Balaban J connectivity index is 0.000000913. The molecule has 2 aromatic rings. The molecule has 0 aliphatic carbocycles. The third kappa shape index (κ3) is 5.56. The van der Waals surface area contributed by atoms with Crippen molar-refractivity contribution in [3.05, 3.63) is 57.8 Å². The van der Waals surface area contributed by atoms with E-state index in [1.807, 2.05) is 32.0 Å². The van der Waals surface area contributed by atoms with E-state index in [-0.39, 0.29) is 36.8 Å². The van der Waals surface area contributed by atoms with Crippen LogP contribution in [0, 0.1) is 6.92 Å². The Morgan fingerprint density at radius 2 is 2.00 bits per heavy atom. The molecule has 7 nitrogen and oxygen atoms in total. The fourth-order valence-electron chi connectivity index (χ4n) is 3.63. The maximum Gasteiger partial charge on any atom is 0.261 e. The van der Waals surface area contributed by atoms with Gasteiger partial charge in [0, 0.05) is 30.9 Å². The normalized spacial score (nSPS) is 18.3. The molecule has 1 aromatic carbocycles. The van der Waals surface area contributed by atoms with E-state index >= 15 is 0 Å². The largest absolute Gasteiger partial charge is 0.370 e. The SMILES string of the molecule is C=CC.Cc1cc(N2CC(NC(=O)c3ccc(Cl)s3)CC2=O)ccc1N1CCOCC1=O. The number of ether oxygens (including phenoxy) is 1. The fourth-order valence-corrected chi connectivity index (χ4v) is 4.58. The Labute approximate surface area is 196 Å². The van der Waals surface area contributed by atoms with Crippen LogP contribution in [0.5, 0.6) is 0 Å². The average Bonchev–Trinajstić information content (AvgIpc) is 3.35. The first-order chi connectivity index (χ1) is 15.3. The number of aryl methyl sites for hydroxylation is 1.